The Morgan fingerprint density at radius 3 is 1.88 bits per heavy atom. The number of hydrogen-bond acceptors (Lipinski definition) is 10. The molecule has 3 rings (SSSR count). The van der Waals surface area contributed by atoms with E-state index in [4.69, 9.17) is 22.2 Å². The molecule has 1 atom stereocenters. The molecule has 226 valence electrons. The van der Waals surface area contributed by atoms with Gasteiger partial charge in [0.15, 0.2) is 0 Å². The van der Waals surface area contributed by atoms with Gasteiger partial charge in [0.05, 0.1) is 24.0 Å². The first-order chi connectivity index (χ1) is 20.3. The van der Waals surface area contributed by atoms with Gasteiger partial charge in [-0.2, -0.15) is 0 Å². The van der Waals surface area contributed by atoms with Crippen molar-refractivity contribution < 1.29 is 41.4 Å². The van der Waals surface area contributed by atoms with E-state index in [1.54, 1.807) is 72.8 Å². The summed E-state index contributed by atoms with van der Waals surface area (Å²) in [6.07, 6.45) is -0.331. The summed E-state index contributed by atoms with van der Waals surface area (Å²) in [6.45, 7) is 1.80. The molecule has 0 heterocycles. The lowest BCUT2D eigenvalue weighted by atomic mass is 10.1. The molecule has 0 spiro atoms. The Labute approximate surface area is 254 Å². The lowest BCUT2D eigenvalue weighted by Gasteiger charge is -2.30. The second-order valence-electron chi connectivity index (χ2n) is 8.88. The van der Waals surface area contributed by atoms with Gasteiger partial charge in [-0.05, 0) is 36.2 Å². The number of carbonyl (C=O) groups excluding carboxylic acids is 1. The molecule has 0 bridgehead atoms. The lowest BCUT2D eigenvalue weighted by Crippen LogP contribution is -2.46. The van der Waals surface area contributed by atoms with E-state index in [0.717, 1.165) is 29.0 Å². The highest BCUT2D eigenvalue weighted by Gasteiger charge is 2.40. The van der Waals surface area contributed by atoms with Gasteiger partial charge in [-0.25, -0.2) is 17.5 Å². The predicted molar refractivity (Wildman–Crippen MR) is 162 cm³/mol. The second-order valence-corrected chi connectivity index (χ2v) is 12.8. The largest absolute Gasteiger partial charge is 0.496 e. The molecular weight excluding hydrogens is 601 g/mol. The number of methoxy groups -OCH3 is 2. The van der Waals surface area contributed by atoms with Crippen LogP contribution < -0.4 is 9.47 Å². The molecule has 1 N–H and O–H groups in total. The number of ether oxygens (including phenoxy) is 3. The predicted octanol–water partition coefficient (Wildman–Crippen LogP) is 7.88. The molecule has 42 heavy (non-hydrogen) atoms. The zero-order valence-electron chi connectivity index (χ0n) is 23.5. The first-order valence-electron chi connectivity index (χ1n) is 13.1. The first-order valence-corrected chi connectivity index (χ1v) is 16.3. The number of benzene rings is 3. The van der Waals surface area contributed by atoms with E-state index >= 15 is 0 Å². The molecular formula is C29H34NO9PS2. The van der Waals surface area contributed by atoms with E-state index < -0.39 is 32.0 Å². The van der Waals surface area contributed by atoms with Gasteiger partial charge >= 0.3 is 19.7 Å². The number of aliphatic carboxylic acids is 1. The minimum absolute atomic E-state index is 0.103. The topological polar surface area (TPSA) is 121 Å². The Bertz CT molecular complexity index is 1290. The highest BCUT2D eigenvalue weighted by Crippen LogP contribution is 2.58. The van der Waals surface area contributed by atoms with E-state index in [0.29, 0.717) is 39.7 Å². The molecule has 1 amide bonds. The summed E-state index contributed by atoms with van der Waals surface area (Å²) in [5.41, 5.74) is 0.709. The van der Waals surface area contributed by atoms with Crippen LogP contribution in [0.4, 0.5) is 4.79 Å². The maximum Gasteiger partial charge on any atom is 0.411 e. The fourth-order valence-electron chi connectivity index (χ4n) is 3.71. The monoisotopic (exact) mass is 635 g/mol. The fraction of sp³-hybridized carbons (Fsp3) is 0.310. The van der Waals surface area contributed by atoms with Crippen molar-refractivity contribution in [1.82, 2.24) is 4.90 Å². The van der Waals surface area contributed by atoms with Crippen LogP contribution in [0.2, 0.25) is 0 Å². The number of para-hydroxylation sites is 2. The average Bonchev–Trinajstić information content (AvgIpc) is 3.02. The van der Waals surface area contributed by atoms with Crippen LogP contribution in [0.5, 0.6) is 11.5 Å². The summed E-state index contributed by atoms with van der Waals surface area (Å²) in [5, 5.41) is 10.1. The van der Waals surface area contributed by atoms with Crippen molar-refractivity contribution in [2.24, 2.45) is 0 Å². The molecule has 0 saturated heterocycles. The zero-order valence-corrected chi connectivity index (χ0v) is 26.1. The highest BCUT2D eigenvalue weighted by atomic mass is 32.2. The molecule has 0 fully saturated rings. The molecule has 1 unspecified atom stereocenters. The Hall–Kier alpha value is -3.15. The van der Waals surface area contributed by atoms with E-state index in [1.165, 1.54) is 14.2 Å². The number of amides is 1. The molecule has 0 aliphatic carbocycles. The molecule has 0 aliphatic rings. The van der Waals surface area contributed by atoms with Gasteiger partial charge in [0.25, 0.3) is 0 Å². The van der Waals surface area contributed by atoms with Crippen molar-refractivity contribution in [1.29, 1.82) is 0 Å². The van der Waals surface area contributed by atoms with Crippen molar-refractivity contribution in [3.63, 3.8) is 0 Å². The van der Waals surface area contributed by atoms with Crippen LogP contribution in [0.1, 0.15) is 31.7 Å². The Morgan fingerprint density at radius 1 is 0.857 bits per heavy atom. The molecule has 10 nitrogen and oxygen atoms in total. The minimum atomic E-state index is -4.27. The third kappa shape index (κ3) is 9.99. The molecule has 0 aromatic heterocycles. The normalized spacial score (nSPS) is 11.9. The molecule has 3 aromatic rings. The van der Waals surface area contributed by atoms with Crippen LogP contribution in [-0.2, 0) is 28.6 Å². The van der Waals surface area contributed by atoms with Gasteiger partial charge in [0.2, 0.25) is 0 Å². The van der Waals surface area contributed by atoms with E-state index in [9.17, 15) is 19.3 Å². The van der Waals surface area contributed by atoms with Crippen LogP contribution in [0.15, 0.2) is 88.7 Å². The van der Waals surface area contributed by atoms with Crippen molar-refractivity contribution >= 4 is 43.7 Å². The summed E-state index contributed by atoms with van der Waals surface area (Å²) >= 11 is 1.48. The quantitative estimate of drug-likeness (QED) is 0.115. The zero-order chi connectivity index (χ0) is 30.4. The standard InChI is InChI=1S/C29H34NO9PS2/c1-4-5-15-23(28(31)32)30(29(33)37-20-22-13-7-6-8-14-22)21-40(34,38-41-26-18-11-9-16-24(26)35-2)39-42-27-19-12-10-17-25(27)36-3/h6-14,16-19,23H,4-5,15,20-21H2,1-3H3,(H,31,32). The van der Waals surface area contributed by atoms with Gasteiger partial charge in [-0.1, -0.05) is 74.4 Å². The smallest absolute Gasteiger partial charge is 0.411 e. The van der Waals surface area contributed by atoms with Gasteiger partial charge < -0.3 is 19.3 Å². The number of carboxylic acid groups (broad SMARTS) is 1. The van der Waals surface area contributed by atoms with Gasteiger partial charge in [-0.3, -0.25) is 9.46 Å². The number of hydrogen-bond donors (Lipinski definition) is 1. The Morgan fingerprint density at radius 2 is 1.38 bits per heavy atom. The van der Waals surface area contributed by atoms with E-state index in [2.05, 4.69) is 0 Å². The maximum absolute atomic E-state index is 14.3. The number of nitrogens with zero attached hydrogens (tertiary/aromatic N) is 1. The maximum atomic E-state index is 14.3. The lowest BCUT2D eigenvalue weighted by molar-refractivity contribution is -0.142. The van der Waals surface area contributed by atoms with Crippen LogP contribution >= 0.6 is 31.7 Å². The summed E-state index contributed by atoms with van der Waals surface area (Å²) in [7, 11) is -1.29. The molecule has 0 aliphatic heterocycles. The van der Waals surface area contributed by atoms with Crippen LogP contribution in [0.25, 0.3) is 0 Å². The van der Waals surface area contributed by atoms with Crippen molar-refractivity contribution in [3.8, 4) is 11.5 Å². The fourth-order valence-corrected chi connectivity index (χ4v) is 7.38. The second kappa shape index (κ2) is 17.1. The molecule has 3 aromatic carbocycles. The van der Waals surface area contributed by atoms with Crippen LogP contribution in [0.3, 0.4) is 0 Å². The Balaban J connectivity index is 1.93. The molecule has 0 saturated carbocycles. The number of carbonyl (C=O) groups is 2. The summed E-state index contributed by atoms with van der Waals surface area (Å²) in [6, 6.07) is 21.5. The number of carboxylic acids is 1. The van der Waals surface area contributed by atoms with Gasteiger partial charge in [0, 0.05) is 24.1 Å². The average molecular weight is 636 g/mol. The first kappa shape index (κ1) is 33.4. The van der Waals surface area contributed by atoms with Gasteiger partial charge in [-0.15, -0.1) is 0 Å². The Kier molecular flexibility index (Phi) is 13.6. The SMILES string of the molecule is CCCCC(C(=O)O)N(CP(=O)(OSc1ccccc1OC)OSc1ccccc1OC)C(=O)OCc1ccccc1. The van der Waals surface area contributed by atoms with Crippen LogP contribution in [-0.4, -0.2) is 48.6 Å². The number of rotatable bonds is 17. The third-order valence-electron chi connectivity index (χ3n) is 5.88. The minimum Gasteiger partial charge on any atom is -0.496 e. The summed E-state index contributed by atoms with van der Waals surface area (Å²) in [4.78, 5) is 27.7. The highest BCUT2D eigenvalue weighted by molar-refractivity contribution is 8.02. The number of unbranched alkanes of at least 4 members (excludes halogenated alkanes) is 1. The molecule has 13 heteroatoms. The van der Waals surface area contributed by atoms with E-state index in [-0.39, 0.29) is 13.0 Å². The van der Waals surface area contributed by atoms with Gasteiger partial charge in [0.1, 0.15) is 30.4 Å². The van der Waals surface area contributed by atoms with Crippen molar-refractivity contribution in [3.05, 3.63) is 84.4 Å². The van der Waals surface area contributed by atoms with Crippen molar-refractivity contribution in [2.75, 3.05) is 20.5 Å². The third-order valence-corrected chi connectivity index (χ3v) is 9.98. The van der Waals surface area contributed by atoms with Crippen molar-refractivity contribution in [2.45, 2.75) is 48.6 Å². The molecule has 0 radical (unpaired) electrons. The summed E-state index contributed by atoms with van der Waals surface area (Å²) in [5.74, 6) is -0.324. The van der Waals surface area contributed by atoms with Crippen LogP contribution in [0, 0.1) is 0 Å². The summed E-state index contributed by atoms with van der Waals surface area (Å²) < 4.78 is 42.1. The van der Waals surface area contributed by atoms with E-state index in [1.807, 2.05) is 13.0 Å².